The lowest BCUT2D eigenvalue weighted by Crippen LogP contribution is -2.50. The summed E-state index contributed by atoms with van der Waals surface area (Å²) in [6, 6.07) is 15.3. The zero-order valence-corrected chi connectivity index (χ0v) is 21.7. The molecule has 0 spiro atoms. The van der Waals surface area contributed by atoms with Crippen molar-refractivity contribution in [2.75, 3.05) is 36.4 Å². The van der Waals surface area contributed by atoms with E-state index in [1.807, 2.05) is 38.1 Å². The molecule has 4 rings (SSSR count). The fourth-order valence-electron chi connectivity index (χ4n) is 4.12. The largest absolute Gasteiger partial charge is 0.438 e. The van der Waals surface area contributed by atoms with Gasteiger partial charge in [-0.3, -0.25) is 0 Å². The van der Waals surface area contributed by atoms with Crippen molar-refractivity contribution in [1.82, 2.24) is 14.3 Å². The fraction of sp³-hybridized carbons (Fsp3) is 0.346. The van der Waals surface area contributed by atoms with Crippen LogP contribution in [-0.4, -0.2) is 54.1 Å². The van der Waals surface area contributed by atoms with Gasteiger partial charge in [0.15, 0.2) is 0 Å². The summed E-state index contributed by atoms with van der Waals surface area (Å²) in [5, 5.41) is 11.9. The summed E-state index contributed by atoms with van der Waals surface area (Å²) >= 11 is 0. The number of piperazine rings is 1. The van der Waals surface area contributed by atoms with Crippen molar-refractivity contribution in [2.24, 2.45) is 0 Å². The fourth-order valence-corrected chi connectivity index (χ4v) is 5.39. The van der Waals surface area contributed by atoms with Crippen LogP contribution in [0.15, 0.2) is 48.7 Å². The molecule has 0 atom stereocenters. The van der Waals surface area contributed by atoms with E-state index in [0.29, 0.717) is 49.3 Å². The number of aromatic nitrogens is 2. The highest BCUT2D eigenvalue weighted by atomic mass is 32.2. The highest BCUT2D eigenvalue weighted by Crippen LogP contribution is 2.29. The Morgan fingerprint density at radius 1 is 1.03 bits per heavy atom. The molecule has 1 N–H and O–H groups in total. The SMILES string of the molecule is Cc1cc(C#N)cc(C)c1Oc1ccnc(Nc2ccc(N3CCN(S(=O)(=O)C(C)C)CC3)cc2)n1. The highest BCUT2D eigenvalue weighted by Gasteiger charge is 2.29. The number of nitrogens with one attached hydrogen (secondary N) is 1. The number of nitriles is 1. The number of sulfonamides is 1. The van der Waals surface area contributed by atoms with E-state index in [2.05, 4.69) is 26.3 Å². The zero-order chi connectivity index (χ0) is 25.9. The first-order chi connectivity index (χ1) is 17.2. The Hall–Kier alpha value is -3.68. The van der Waals surface area contributed by atoms with Crippen LogP contribution >= 0.6 is 0 Å². The van der Waals surface area contributed by atoms with Crippen LogP contribution in [0, 0.1) is 25.2 Å². The second-order valence-corrected chi connectivity index (χ2v) is 11.5. The van der Waals surface area contributed by atoms with Crippen molar-refractivity contribution in [1.29, 1.82) is 5.26 Å². The molecule has 1 aliphatic rings. The van der Waals surface area contributed by atoms with Crippen LogP contribution in [0.25, 0.3) is 0 Å². The maximum atomic E-state index is 12.4. The van der Waals surface area contributed by atoms with E-state index >= 15 is 0 Å². The molecule has 0 saturated carbocycles. The van der Waals surface area contributed by atoms with E-state index in [4.69, 9.17) is 10.00 Å². The van der Waals surface area contributed by atoms with Crippen LogP contribution in [0.4, 0.5) is 17.3 Å². The molecule has 188 valence electrons. The molecule has 1 aliphatic heterocycles. The summed E-state index contributed by atoms with van der Waals surface area (Å²) in [5.41, 5.74) is 4.17. The van der Waals surface area contributed by atoms with Crippen LogP contribution in [0.3, 0.4) is 0 Å². The van der Waals surface area contributed by atoms with Crippen molar-refractivity contribution in [3.63, 3.8) is 0 Å². The second kappa shape index (κ2) is 10.5. The molecule has 2 heterocycles. The molecule has 0 unspecified atom stereocenters. The van der Waals surface area contributed by atoms with Gasteiger partial charge in [0.1, 0.15) is 5.75 Å². The van der Waals surface area contributed by atoms with Gasteiger partial charge in [-0.25, -0.2) is 13.4 Å². The Balaban J connectivity index is 1.40. The predicted molar refractivity (Wildman–Crippen MR) is 140 cm³/mol. The van der Waals surface area contributed by atoms with E-state index < -0.39 is 15.3 Å². The van der Waals surface area contributed by atoms with Gasteiger partial charge in [0, 0.05) is 49.8 Å². The number of benzene rings is 2. The number of ether oxygens (including phenoxy) is 1. The van der Waals surface area contributed by atoms with Crippen LogP contribution < -0.4 is 15.0 Å². The molecule has 36 heavy (non-hydrogen) atoms. The molecule has 0 radical (unpaired) electrons. The predicted octanol–water partition coefficient (Wildman–Crippen LogP) is 4.36. The summed E-state index contributed by atoms with van der Waals surface area (Å²) < 4.78 is 32.4. The molecule has 0 amide bonds. The molecule has 0 bridgehead atoms. The van der Waals surface area contributed by atoms with Crippen molar-refractivity contribution < 1.29 is 13.2 Å². The molecular weight excluding hydrogens is 476 g/mol. The summed E-state index contributed by atoms with van der Waals surface area (Å²) in [4.78, 5) is 10.9. The van der Waals surface area contributed by atoms with Crippen molar-refractivity contribution in [3.8, 4) is 17.7 Å². The molecule has 3 aromatic rings. The highest BCUT2D eigenvalue weighted by molar-refractivity contribution is 7.89. The minimum absolute atomic E-state index is 0.397. The van der Waals surface area contributed by atoms with Gasteiger partial charge in [0.05, 0.1) is 16.9 Å². The van der Waals surface area contributed by atoms with E-state index in [0.717, 1.165) is 22.5 Å². The molecule has 1 aromatic heterocycles. The number of anilines is 3. The van der Waals surface area contributed by atoms with Gasteiger partial charge in [-0.05, 0) is 75.2 Å². The minimum atomic E-state index is -3.22. The van der Waals surface area contributed by atoms with Gasteiger partial charge in [-0.15, -0.1) is 0 Å². The van der Waals surface area contributed by atoms with Crippen LogP contribution in [0.5, 0.6) is 11.6 Å². The van der Waals surface area contributed by atoms with E-state index in [-0.39, 0.29) is 0 Å². The van der Waals surface area contributed by atoms with Crippen LogP contribution in [-0.2, 0) is 10.0 Å². The molecule has 9 nitrogen and oxygen atoms in total. The molecule has 1 fully saturated rings. The molecular formula is C26H30N6O3S. The van der Waals surface area contributed by atoms with Crippen LogP contribution in [0.1, 0.15) is 30.5 Å². The first-order valence-corrected chi connectivity index (χ1v) is 13.3. The smallest absolute Gasteiger partial charge is 0.230 e. The van der Waals surface area contributed by atoms with Gasteiger partial charge < -0.3 is 15.0 Å². The Kier molecular flexibility index (Phi) is 7.43. The van der Waals surface area contributed by atoms with Gasteiger partial charge in [0.25, 0.3) is 0 Å². The van der Waals surface area contributed by atoms with E-state index in [1.54, 1.807) is 42.5 Å². The lowest BCUT2D eigenvalue weighted by atomic mass is 10.1. The van der Waals surface area contributed by atoms with E-state index in [1.165, 1.54) is 0 Å². The number of hydrogen-bond acceptors (Lipinski definition) is 8. The molecule has 0 aliphatic carbocycles. The van der Waals surface area contributed by atoms with Crippen molar-refractivity contribution in [2.45, 2.75) is 32.9 Å². The maximum absolute atomic E-state index is 12.4. The Labute approximate surface area is 212 Å². The van der Waals surface area contributed by atoms with Gasteiger partial charge in [-0.1, -0.05) is 0 Å². The van der Waals surface area contributed by atoms with Crippen LogP contribution in [0.2, 0.25) is 0 Å². The summed E-state index contributed by atoms with van der Waals surface area (Å²) in [7, 11) is -3.22. The maximum Gasteiger partial charge on any atom is 0.230 e. The Morgan fingerprint density at radius 3 is 2.25 bits per heavy atom. The average Bonchev–Trinajstić information content (AvgIpc) is 2.87. The quantitative estimate of drug-likeness (QED) is 0.503. The van der Waals surface area contributed by atoms with Gasteiger partial charge in [-0.2, -0.15) is 14.6 Å². The topological polar surface area (TPSA) is 111 Å². The monoisotopic (exact) mass is 506 g/mol. The third-order valence-electron chi connectivity index (χ3n) is 6.11. The number of nitrogens with zero attached hydrogens (tertiary/aromatic N) is 5. The summed E-state index contributed by atoms with van der Waals surface area (Å²) in [5.74, 6) is 1.47. The number of rotatable bonds is 7. The summed E-state index contributed by atoms with van der Waals surface area (Å²) in [6.07, 6.45) is 1.62. The first kappa shape index (κ1) is 25.4. The molecule has 2 aromatic carbocycles. The third-order valence-corrected chi connectivity index (χ3v) is 8.39. The third kappa shape index (κ3) is 5.58. The average molecular weight is 507 g/mol. The summed E-state index contributed by atoms with van der Waals surface area (Å²) in [6.45, 7) is 9.49. The second-order valence-electron chi connectivity index (χ2n) is 9.02. The number of hydrogen-bond donors (Lipinski definition) is 1. The van der Waals surface area contributed by atoms with E-state index in [9.17, 15) is 8.42 Å². The molecule has 10 heteroatoms. The lowest BCUT2D eigenvalue weighted by molar-refractivity contribution is 0.381. The van der Waals surface area contributed by atoms with Crippen molar-refractivity contribution >= 4 is 27.3 Å². The standard InChI is InChI=1S/C26H30N6O3S/c1-18(2)36(33,34)32-13-11-31(12-14-32)23-7-5-22(6-8-23)29-26-28-10-9-24(30-26)35-25-19(3)15-21(17-27)16-20(25)4/h5-10,15-16,18H,11-14H2,1-4H3,(H,28,29,30). The normalized spacial score (nSPS) is 14.5. The number of aryl methyl sites for hydroxylation is 2. The Morgan fingerprint density at radius 2 is 1.67 bits per heavy atom. The minimum Gasteiger partial charge on any atom is -0.438 e. The lowest BCUT2D eigenvalue weighted by Gasteiger charge is -2.36. The zero-order valence-electron chi connectivity index (χ0n) is 20.9. The van der Waals surface area contributed by atoms with Gasteiger partial charge in [0.2, 0.25) is 21.9 Å². The Bertz CT molecular complexity index is 1350. The van der Waals surface area contributed by atoms with Crippen molar-refractivity contribution in [3.05, 3.63) is 65.4 Å². The molecule has 1 saturated heterocycles. The first-order valence-electron chi connectivity index (χ1n) is 11.8. The van der Waals surface area contributed by atoms with Gasteiger partial charge >= 0.3 is 0 Å².